The number of hydrogen-bond acceptors (Lipinski definition) is 5. The van der Waals surface area contributed by atoms with Gasteiger partial charge in [0.15, 0.2) is 0 Å². The highest BCUT2D eigenvalue weighted by molar-refractivity contribution is 7.89. The molecule has 2 rings (SSSR count). The zero-order valence-corrected chi connectivity index (χ0v) is 14.3. The Morgan fingerprint density at radius 2 is 1.80 bits per heavy atom. The molecule has 2 aromatic carbocycles. The average Bonchev–Trinajstić information content (AvgIpc) is 2.57. The molecule has 0 aliphatic heterocycles. The van der Waals surface area contributed by atoms with E-state index in [1.54, 1.807) is 19.1 Å². The summed E-state index contributed by atoms with van der Waals surface area (Å²) in [6, 6.07) is 9.45. The molecule has 0 bridgehead atoms. The van der Waals surface area contributed by atoms with Crippen LogP contribution in [0.4, 0.5) is 10.1 Å². The summed E-state index contributed by atoms with van der Waals surface area (Å²) in [4.78, 5) is 9.95. The fourth-order valence-electron chi connectivity index (χ4n) is 2.15. The second-order valence-electron chi connectivity index (χ2n) is 5.41. The summed E-state index contributed by atoms with van der Waals surface area (Å²) in [7, 11) is -3.72. The smallest absolute Gasteiger partial charge is 0.269 e. The highest BCUT2D eigenvalue weighted by atomic mass is 32.2. The molecule has 7 nitrogen and oxygen atoms in total. The highest BCUT2D eigenvalue weighted by Gasteiger charge is 2.15. The van der Waals surface area contributed by atoms with E-state index in [9.17, 15) is 22.9 Å². The zero-order valence-electron chi connectivity index (χ0n) is 13.5. The predicted molar refractivity (Wildman–Crippen MR) is 91.1 cm³/mol. The maximum absolute atomic E-state index is 13.2. The van der Waals surface area contributed by atoms with Crippen LogP contribution in [0, 0.1) is 22.9 Å². The molecule has 0 aliphatic rings. The predicted octanol–water partition coefficient (Wildman–Crippen LogP) is 2.11. The summed E-state index contributed by atoms with van der Waals surface area (Å²) in [5, 5.41) is 13.6. The van der Waals surface area contributed by atoms with Gasteiger partial charge in [-0.2, -0.15) is 0 Å². The van der Waals surface area contributed by atoms with Crippen LogP contribution in [-0.2, 0) is 16.6 Å². The number of nitrogens with zero attached hydrogens (tertiary/aromatic N) is 1. The molecule has 25 heavy (non-hydrogen) atoms. The van der Waals surface area contributed by atoms with Gasteiger partial charge in [0, 0.05) is 31.8 Å². The van der Waals surface area contributed by atoms with Crippen LogP contribution in [0.1, 0.15) is 11.1 Å². The second-order valence-corrected chi connectivity index (χ2v) is 7.18. The Morgan fingerprint density at radius 1 is 1.12 bits per heavy atom. The van der Waals surface area contributed by atoms with E-state index in [1.807, 2.05) is 0 Å². The number of halogens is 1. The largest absolute Gasteiger partial charge is 0.311 e. The van der Waals surface area contributed by atoms with Crippen LogP contribution in [0.2, 0.25) is 0 Å². The van der Waals surface area contributed by atoms with Crippen molar-refractivity contribution in [2.45, 2.75) is 18.4 Å². The lowest BCUT2D eigenvalue weighted by Gasteiger charge is -2.08. The number of nitro groups is 1. The molecule has 0 amide bonds. The third kappa shape index (κ3) is 5.31. The molecule has 0 atom stereocenters. The average molecular weight is 367 g/mol. The van der Waals surface area contributed by atoms with Gasteiger partial charge in [-0.25, -0.2) is 17.5 Å². The lowest BCUT2D eigenvalue weighted by molar-refractivity contribution is -0.384. The topological polar surface area (TPSA) is 101 Å². The number of benzene rings is 2. The molecule has 0 radical (unpaired) electrons. The standard InChI is InChI=1S/C16H18FN3O4S/c1-12-10-13(2-7-16(12)17)11-18-8-9-19-25(23,24)15-5-3-14(4-6-15)20(21)22/h2-7,10,18-19H,8-9,11H2,1H3. The van der Waals surface area contributed by atoms with Crippen molar-refractivity contribution in [3.05, 3.63) is 69.5 Å². The second kappa shape index (κ2) is 8.15. The van der Waals surface area contributed by atoms with Gasteiger partial charge in [0.1, 0.15) is 5.82 Å². The highest BCUT2D eigenvalue weighted by Crippen LogP contribution is 2.15. The van der Waals surface area contributed by atoms with E-state index >= 15 is 0 Å². The van der Waals surface area contributed by atoms with Gasteiger partial charge >= 0.3 is 0 Å². The van der Waals surface area contributed by atoms with Crippen LogP contribution in [0.3, 0.4) is 0 Å². The van der Waals surface area contributed by atoms with Crippen LogP contribution in [0.15, 0.2) is 47.4 Å². The molecule has 9 heteroatoms. The monoisotopic (exact) mass is 367 g/mol. The Labute approximate surface area is 145 Å². The van der Waals surface area contributed by atoms with Crippen molar-refractivity contribution >= 4 is 15.7 Å². The first-order chi connectivity index (χ1) is 11.8. The van der Waals surface area contributed by atoms with Gasteiger partial charge < -0.3 is 5.32 Å². The van der Waals surface area contributed by atoms with Gasteiger partial charge in [0.25, 0.3) is 5.69 Å². The van der Waals surface area contributed by atoms with E-state index in [1.165, 1.54) is 18.2 Å². The minimum Gasteiger partial charge on any atom is -0.311 e. The Bertz CT molecular complexity index is 854. The summed E-state index contributed by atoms with van der Waals surface area (Å²) >= 11 is 0. The van der Waals surface area contributed by atoms with Crippen LogP contribution in [-0.4, -0.2) is 26.4 Å². The maximum Gasteiger partial charge on any atom is 0.269 e. The van der Waals surface area contributed by atoms with Gasteiger partial charge in [0.2, 0.25) is 10.0 Å². The third-order valence-electron chi connectivity index (χ3n) is 3.50. The van der Waals surface area contributed by atoms with Crippen molar-refractivity contribution in [2.24, 2.45) is 0 Å². The summed E-state index contributed by atoms with van der Waals surface area (Å²) in [5.41, 5.74) is 1.28. The SMILES string of the molecule is Cc1cc(CNCCNS(=O)(=O)c2ccc([N+](=O)[O-])cc2)ccc1F. The van der Waals surface area contributed by atoms with E-state index in [-0.39, 0.29) is 22.9 Å². The lowest BCUT2D eigenvalue weighted by Crippen LogP contribution is -2.31. The fraction of sp³-hybridized carbons (Fsp3) is 0.250. The number of aryl methyl sites for hydroxylation is 1. The first-order valence-corrected chi connectivity index (χ1v) is 8.98. The number of rotatable bonds is 8. The molecule has 0 saturated heterocycles. The quantitative estimate of drug-likeness (QED) is 0.423. The summed E-state index contributed by atoms with van der Waals surface area (Å²) in [5.74, 6) is -0.264. The third-order valence-corrected chi connectivity index (χ3v) is 4.98. The molecule has 134 valence electrons. The van der Waals surface area contributed by atoms with Crippen LogP contribution in [0.5, 0.6) is 0 Å². The molecule has 0 spiro atoms. The van der Waals surface area contributed by atoms with E-state index in [2.05, 4.69) is 10.0 Å². The fourth-order valence-corrected chi connectivity index (χ4v) is 3.19. The van der Waals surface area contributed by atoms with Gasteiger partial charge in [-0.15, -0.1) is 0 Å². The Balaban J connectivity index is 1.81. The molecule has 2 N–H and O–H groups in total. The van der Waals surface area contributed by atoms with E-state index < -0.39 is 14.9 Å². The molecular weight excluding hydrogens is 349 g/mol. The molecule has 0 fully saturated rings. The van der Waals surface area contributed by atoms with Crippen LogP contribution >= 0.6 is 0 Å². The van der Waals surface area contributed by atoms with E-state index in [0.717, 1.165) is 17.7 Å². The van der Waals surface area contributed by atoms with Gasteiger partial charge in [-0.3, -0.25) is 10.1 Å². The summed E-state index contributed by atoms with van der Waals surface area (Å²) in [6.45, 7) is 2.69. The molecular formula is C16H18FN3O4S. The normalized spacial score (nSPS) is 11.4. The Hall–Kier alpha value is -2.36. The number of non-ortho nitro benzene ring substituents is 1. The first kappa shape index (κ1) is 19.0. The van der Waals surface area contributed by atoms with Crippen molar-refractivity contribution in [1.29, 1.82) is 0 Å². The molecule has 0 unspecified atom stereocenters. The van der Waals surface area contributed by atoms with Gasteiger partial charge in [-0.05, 0) is 36.2 Å². The lowest BCUT2D eigenvalue weighted by atomic mass is 10.1. The molecule has 0 aromatic heterocycles. The van der Waals surface area contributed by atoms with Crippen molar-refractivity contribution in [1.82, 2.24) is 10.0 Å². The molecule has 0 saturated carbocycles. The van der Waals surface area contributed by atoms with Crippen molar-refractivity contribution in [2.75, 3.05) is 13.1 Å². The minimum atomic E-state index is -3.72. The summed E-state index contributed by atoms with van der Waals surface area (Å²) < 4.78 is 39.7. The van der Waals surface area contributed by atoms with Gasteiger partial charge in [0.05, 0.1) is 9.82 Å². The van der Waals surface area contributed by atoms with E-state index in [0.29, 0.717) is 18.7 Å². The summed E-state index contributed by atoms with van der Waals surface area (Å²) in [6.07, 6.45) is 0. The van der Waals surface area contributed by atoms with Crippen LogP contribution in [0.25, 0.3) is 0 Å². The Kier molecular flexibility index (Phi) is 6.18. The molecule has 0 heterocycles. The first-order valence-electron chi connectivity index (χ1n) is 7.49. The number of nitro benzene ring substituents is 1. The van der Waals surface area contributed by atoms with Crippen molar-refractivity contribution in [3.63, 3.8) is 0 Å². The molecule has 0 aliphatic carbocycles. The number of sulfonamides is 1. The van der Waals surface area contributed by atoms with Crippen molar-refractivity contribution < 1.29 is 17.7 Å². The van der Waals surface area contributed by atoms with Crippen molar-refractivity contribution in [3.8, 4) is 0 Å². The number of hydrogen-bond donors (Lipinski definition) is 2. The molecule has 2 aromatic rings. The van der Waals surface area contributed by atoms with Crippen LogP contribution < -0.4 is 10.0 Å². The zero-order chi connectivity index (χ0) is 18.4. The van der Waals surface area contributed by atoms with Gasteiger partial charge in [-0.1, -0.05) is 12.1 Å². The number of nitrogens with one attached hydrogen (secondary N) is 2. The van der Waals surface area contributed by atoms with E-state index in [4.69, 9.17) is 0 Å². The maximum atomic E-state index is 13.2. The Morgan fingerprint density at radius 3 is 2.40 bits per heavy atom. The minimum absolute atomic E-state index is 0.0349.